The first-order valence-electron chi connectivity index (χ1n) is 5.10. The number of rotatable bonds is 4. The van der Waals surface area contributed by atoms with Gasteiger partial charge in [0.2, 0.25) is 0 Å². The van der Waals surface area contributed by atoms with Gasteiger partial charge in [0.1, 0.15) is 11.3 Å². The molecule has 2 rings (SSSR count). The summed E-state index contributed by atoms with van der Waals surface area (Å²) < 4.78 is 6.34. The van der Waals surface area contributed by atoms with Gasteiger partial charge in [0, 0.05) is 23.1 Å². The molecule has 0 unspecified atom stereocenters. The summed E-state index contributed by atoms with van der Waals surface area (Å²) in [5.41, 5.74) is 4.94. The minimum atomic E-state index is 0.789. The van der Waals surface area contributed by atoms with Crippen LogP contribution in [0.1, 0.15) is 16.8 Å². The molecule has 0 aliphatic heterocycles. The van der Waals surface area contributed by atoms with E-state index >= 15 is 0 Å². The van der Waals surface area contributed by atoms with E-state index in [-0.39, 0.29) is 0 Å². The predicted molar refractivity (Wildman–Crippen MR) is 69.7 cm³/mol. The first kappa shape index (κ1) is 12.3. The van der Waals surface area contributed by atoms with Crippen LogP contribution >= 0.6 is 23.1 Å². The topological polar surface area (TPSA) is 47.9 Å². The average Bonchev–Trinajstić information content (AvgIpc) is 2.82. The van der Waals surface area contributed by atoms with Gasteiger partial charge in [-0.25, -0.2) is 0 Å². The highest BCUT2D eigenvalue weighted by Gasteiger charge is 2.10. The highest BCUT2D eigenvalue weighted by Crippen LogP contribution is 2.29. The second kappa shape index (κ2) is 5.46. The summed E-state index contributed by atoms with van der Waals surface area (Å²) in [6, 6.07) is 0. The van der Waals surface area contributed by atoms with Crippen molar-refractivity contribution < 1.29 is 4.74 Å². The zero-order chi connectivity index (χ0) is 12.3. The Morgan fingerprint density at radius 1 is 1.41 bits per heavy atom. The molecule has 0 saturated heterocycles. The van der Waals surface area contributed by atoms with Crippen molar-refractivity contribution in [2.24, 2.45) is 0 Å². The zero-order valence-electron chi connectivity index (χ0n) is 9.93. The van der Waals surface area contributed by atoms with Crippen molar-refractivity contribution in [3.63, 3.8) is 0 Å². The summed E-state index contributed by atoms with van der Waals surface area (Å²) in [7, 11) is 1.69. The number of pyridine rings is 1. The molecule has 0 aliphatic carbocycles. The molecule has 2 aromatic rings. The number of hydrogen-bond donors (Lipinski definition) is 0. The molecule has 0 radical (unpaired) electrons. The Bertz CT molecular complexity index is 500. The second-order valence-corrected chi connectivity index (χ2v) is 5.60. The molecule has 0 atom stereocenters. The third-order valence-electron chi connectivity index (χ3n) is 2.42. The van der Waals surface area contributed by atoms with E-state index in [9.17, 15) is 0 Å². The Morgan fingerprint density at radius 2 is 2.24 bits per heavy atom. The molecule has 0 saturated carbocycles. The van der Waals surface area contributed by atoms with Gasteiger partial charge >= 0.3 is 0 Å². The van der Waals surface area contributed by atoms with Gasteiger partial charge in [0.15, 0.2) is 4.34 Å². The predicted octanol–water partition coefficient (Wildman–Crippen LogP) is 2.85. The van der Waals surface area contributed by atoms with Crippen LogP contribution in [-0.2, 0) is 5.75 Å². The van der Waals surface area contributed by atoms with Crippen molar-refractivity contribution >= 4 is 23.1 Å². The van der Waals surface area contributed by atoms with Crippen molar-refractivity contribution in [2.75, 3.05) is 7.11 Å². The Hall–Kier alpha value is -1.14. The van der Waals surface area contributed by atoms with E-state index in [4.69, 9.17) is 4.74 Å². The Balaban J connectivity index is 2.16. The molecule has 17 heavy (non-hydrogen) atoms. The standard InChI is InChI=1S/C11H13N3OS2/c1-7-4-12-9(8(2)10(7)15-3)5-16-11-14-13-6-17-11/h4,6H,5H2,1-3H3. The van der Waals surface area contributed by atoms with Gasteiger partial charge in [-0.15, -0.1) is 10.2 Å². The lowest BCUT2D eigenvalue weighted by Gasteiger charge is -2.11. The van der Waals surface area contributed by atoms with E-state index in [1.807, 2.05) is 20.0 Å². The molecule has 0 spiro atoms. The zero-order valence-corrected chi connectivity index (χ0v) is 11.6. The van der Waals surface area contributed by atoms with Crippen LogP contribution in [0.5, 0.6) is 5.75 Å². The molecule has 0 bridgehead atoms. The molecule has 0 aliphatic rings. The van der Waals surface area contributed by atoms with E-state index in [0.717, 1.165) is 32.7 Å². The van der Waals surface area contributed by atoms with Gasteiger partial charge in [-0.1, -0.05) is 23.1 Å². The van der Waals surface area contributed by atoms with Gasteiger partial charge in [-0.2, -0.15) is 0 Å². The van der Waals surface area contributed by atoms with E-state index < -0.39 is 0 Å². The normalized spacial score (nSPS) is 10.5. The number of methoxy groups -OCH3 is 1. The molecule has 2 heterocycles. The molecule has 0 amide bonds. The van der Waals surface area contributed by atoms with Crippen LogP contribution in [0.2, 0.25) is 0 Å². The lowest BCUT2D eigenvalue weighted by atomic mass is 10.1. The molecular weight excluding hydrogens is 254 g/mol. The molecule has 0 aromatic carbocycles. The average molecular weight is 267 g/mol. The van der Waals surface area contributed by atoms with E-state index in [0.29, 0.717) is 0 Å². The summed E-state index contributed by atoms with van der Waals surface area (Å²) in [4.78, 5) is 4.44. The summed E-state index contributed by atoms with van der Waals surface area (Å²) in [5, 5.41) is 7.80. The first-order chi connectivity index (χ1) is 8.22. The van der Waals surface area contributed by atoms with Gasteiger partial charge in [0.25, 0.3) is 0 Å². The van der Waals surface area contributed by atoms with Crippen LogP contribution in [-0.4, -0.2) is 22.3 Å². The maximum atomic E-state index is 5.38. The van der Waals surface area contributed by atoms with Crippen molar-refractivity contribution in [3.8, 4) is 5.75 Å². The fraction of sp³-hybridized carbons (Fsp3) is 0.364. The number of hydrogen-bond acceptors (Lipinski definition) is 6. The first-order valence-corrected chi connectivity index (χ1v) is 6.97. The van der Waals surface area contributed by atoms with Crippen LogP contribution in [0.3, 0.4) is 0 Å². The summed E-state index contributed by atoms with van der Waals surface area (Å²) >= 11 is 3.19. The maximum absolute atomic E-state index is 5.38. The third kappa shape index (κ3) is 2.76. The van der Waals surface area contributed by atoms with Gasteiger partial charge in [-0.05, 0) is 13.8 Å². The van der Waals surface area contributed by atoms with Gasteiger partial charge in [-0.3, -0.25) is 4.98 Å². The fourth-order valence-electron chi connectivity index (χ4n) is 1.57. The van der Waals surface area contributed by atoms with Crippen LogP contribution in [0.4, 0.5) is 0 Å². The number of nitrogens with zero attached hydrogens (tertiary/aromatic N) is 3. The number of thioether (sulfide) groups is 1. The molecule has 4 nitrogen and oxygen atoms in total. The van der Waals surface area contributed by atoms with Gasteiger partial charge < -0.3 is 4.74 Å². The molecule has 0 fully saturated rings. The van der Waals surface area contributed by atoms with Crippen molar-refractivity contribution in [1.29, 1.82) is 0 Å². The minimum Gasteiger partial charge on any atom is -0.496 e. The number of ether oxygens (including phenoxy) is 1. The van der Waals surface area contributed by atoms with Crippen LogP contribution < -0.4 is 4.74 Å². The Kier molecular flexibility index (Phi) is 3.96. The highest BCUT2D eigenvalue weighted by atomic mass is 32.2. The van der Waals surface area contributed by atoms with E-state index in [1.54, 1.807) is 35.7 Å². The molecule has 0 N–H and O–H groups in total. The minimum absolute atomic E-state index is 0.789. The van der Waals surface area contributed by atoms with Crippen LogP contribution in [0.15, 0.2) is 16.0 Å². The lowest BCUT2D eigenvalue weighted by Crippen LogP contribution is -1.98. The SMILES string of the molecule is COc1c(C)cnc(CSc2nncs2)c1C. The molecule has 2 aromatic heterocycles. The monoisotopic (exact) mass is 267 g/mol. The molecule has 90 valence electrons. The second-order valence-electron chi connectivity index (χ2n) is 3.54. The highest BCUT2D eigenvalue weighted by molar-refractivity contribution is 8.00. The molecular formula is C11H13N3OS2. The molecule has 6 heteroatoms. The van der Waals surface area contributed by atoms with Crippen LogP contribution in [0, 0.1) is 13.8 Å². The number of aromatic nitrogens is 3. The third-order valence-corrected chi connectivity index (χ3v) is 4.29. The summed E-state index contributed by atoms with van der Waals surface area (Å²) in [6.45, 7) is 4.04. The summed E-state index contributed by atoms with van der Waals surface area (Å²) in [5.74, 6) is 1.71. The van der Waals surface area contributed by atoms with E-state index in [2.05, 4.69) is 15.2 Å². The Labute approximate surface area is 108 Å². The quantitative estimate of drug-likeness (QED) is 0.797. The Morgan fingerprint density at radius 3 is 2.88 bits per heavy atom. The van der Waals surface area contributed by atoms with Crippen molar-refractivity contribution in [3.05, 3.63) is 28.5 Å². The van der Waals surface area contributed by atoms with Crippen LogP contribution in [0.25, 0.3) is 0 Å². The smallest absolute Gasteiger partial charge is 0.174 e. The van der Waals surface area contributed by atoms with Crippen molar-refractivity contribution in [2.45, 2.75) is 23.9 Å². The van der Waals surface area contributed by atoms with Gasteiger partial charge in [0.05, 0.1) is 12.8 Å². The maximum Gasteiger partial charge on any atom is 0.174 e. The summed E-state index contributed by atoms with van der Waals surface area (Å²) in [6.07, 6.45) is 1.85. The largest absolute Gasteiger partial charge is 0.496 e. The number of aryl methyl sites for hydroxylation is 1. The lowest BCUT2D eigenvalue weighted by molar-refractivity contribution is 0.407. The van der Waals surface area contributed by atoms with Crippen molar-refractivity contribution in [1.82, 2.24) is 15.2 Å². The fourth-order valence-corrected chi connectivity index (χ4v) is 3.09. The van der Waals surface area contributed by atoms with E-state index in [1.165, 1.54) is 0 Å².